The van der Waals surface area contributed by atoms with E-state index in [0.29, 0.717) is 24.4 Å². The molecule has 3 fully saturated rings. The highest BCUT2D eigenvalue weighted by molar-refractivity contribution is 5.36. The maximum atomic E-state index is 9.94. The smallest absolute Gasteiger partial charge is 0.225 e. The van der Waals surface area contributed by atoms with Crippen LogP contribution in [0.2, 0.25) is 0 Å². The van der Waals surface area contributed by atoms with Crippen LogP contribution in [-0.2, 0) is 0 Å². The average molecular weight is 375 g/mol. The molecule has 6 nitrogen and oxygen atoms in total. The first-order chi connectivity index (χ1) is 13.2. The van der Waals surface area contributed by atoms with E-state index < -0.39 is 0 Å². The Hall–Kier alpha value is -1.24. The predicted octanol–water partition coefficient (Wildman–Crippen LogP) is 1.80. The first kappa shape index (κ1) is 19.1. The van der Waals surface area contributed by atoms with Crippen molar-refractivity contribution in [2.75, 3.05) is 50.8 Å². The molecule has 0 bridgehead atoms. The summed E-state index contributed by atoms with van der Waals surface area (Å²) in [4.78, 5) is 14.4. The fraction of sp³-hybridized carbons (Fsp3) is 0.810. The van der Waals surface area contributed by atoms with E-state index in [0.717, 1.165) is 57.2 Å². The molecule has 4 rings (SSSR count). The molecule has 2 atom stereocenters. The van der Waals surface area contributed by atoms with Gasteiger partial charge < -0.3 is 20.0 Å². The van der Waals surface area contributed by atoms with Crippen molar-refractivity contribution in [3.8, 4) is 0 Å². The van der Waals surface area contributed by atoms with E-state index in [1.54, 1.807) is 0 Å². The second kappa shape index (κ2) is 8.41. The lowest BCUT2D eigenvalue weighted by molar-refractivity contribution is 0.106. The predicted molar refractivity (Wildman–Crippen MR) is 106 cm³/mol. The van der Waals surface area contributed by atoms with Gasteiger partial charge in [0, 0.05) is 56.1 Å². The molecule has 3 heterocycles. The van der Waals surface area contributed by atoms with Gasteiger partial charge >= 0.3 is 0 Å². The summed E-state index contributed by atoms with van der Waals surface area (Å²) in [6.07, 6.45) is 5.99. The van der Waals surface area contributed by atoms with Crippen molar-refractivity contribution < 1.29 is 10.2 Å². The van der Waals surface area contributed by atoms with Crippen LogP contribution in [0.15, 0.2) is 6.07 Å². The van der Waals surface area contributed by atoms with Crippen LogP contribution in [0.3, 0.4) is 0 Å². The Balaban J connectivity index is 1.41. The zero-order chi connectivity index (χ0) is 18.8. The largest absolute Gasteiger partial charge is 0.396 e. The highest BCUT2D eigenvalue weighted by atomic mass is 16.3. The van der Waals surface area contributed by atoms with Crippen LogP contribution in [0.4, 0.5) is 5.95 Å². The minimum Gasteiger partial charge on any atom is -0.396 e. The molecule has 1 aromatic rings. The van der Waals surface area contributed by atoms with Gasteiger partial charge in [0.2, 0.25) is 5.95 Å². The third-order valence-electron chi connectivity index (χ3n) is 6.94. The monoisotopic (exact) mass is 374 g/mol. The molecule has 3 aliphatic rings. The lowest BCUT2D eigenvalue weighted by Crippen LogP contribution is -2.40. The number of likely N-dealkylation sites (tertiary alicyclic amines) is 1. The first-order valence-electron chi connectivity index (χ1n) is 10.7. The van der Waals surface area contributed by atoms with Crippen molar-refractivity contribution in [3.63, 3.8) is 0 Å². The third-order valence-corrected chi connectivity index (χ3v) is 6.94. The topological polar surface area (TPSA) is 72.7 Å². The van der Waals surface area contributed by atoms with Crippen molar-refractivity contribution in [2.45, 2.75) is 44.9 Å². The van der Waals surface area contributed by atoms with Gasteiger partial charge in [-0.1, -0.05) is 6.42 Å². The maximum absolute atomic E-state index is 9.94. The maximum Gasteiger partial charge on any atom is 0.225 e. The summed E-state index contributed by atoms with van der Waals surface area (Å²) in [5.74, 6) is 2.69. The van der Waals surface area contributed by atoms with E-state index in [1.165, 1.54) is 25.0 Å². The minimum absolute atomic E-state index is 0.232. The summed E-state index contributed by atoms with van der Waals surface area (Å²) in [5, 5.41) is 19.3. The van der Waals surface area contributed by atoms with Crippen LogP contribution in [0, 0.1) is 24.7 Å². The standard InChI is InChI=1S/C21H34N4O2/c1-15-9-20(17-3-2-4-17)23-21(22-15)25-11-18(19(12-25)14-27)10-24-7-5-16(13-26)6-8-24/h9,16-19,26-27H,2-8,10-14H2,1H3. The quantitative estimate of drug-likeness (QED) is 0.791. The lowest BCUT2D eigenvalue weighted by Gasteiger charge is -2.33. The molecule has 6 heteroatoms. The van der Waals surface area contributed by atoms with Crippen LogP contribution in [0.1, 0.15) is 49.4 Å². The van der Waals surface area contributed by atoms with Gasteiger partial charge in [-0.05, 0) is 63.6 Å². The molecule has 27 heavy (non-hydrogen) atoms. The second-order valence-electron chi connectivity index (χ2n) is 8.90. The number of aryl methyl sites for hydroxylation is 1. The summed E-state index contributed by atoms with van der Waals surface area (Å²) in [6.45, 7) is 7.55. The third kappa shape index (κ3) is 4.28. The molecule has 150 valence electrons. The van der Waals surface area contributed by atoms with Crippen molar-refractivity contribution >= 4 is 5.95 Å². The van der Waals surface area contributed by atoms with Crippen molar-refractivity contribution in [2.24, 2.45) is 17.8 Å². The molecule has 1 aromatic heterocycles. The Morgan fingerprint density at radius 1 is 1.00 bits per heavy atom. The lowest BCUT2D eigenvalue weighted by atomic mass is 9.83. The van der Waals surface area contributed by atoms with E-state index in [1.807, 2.05) is 0 Å². The SMILES string of the molecule is Cc1cc(C2CCC2)nc(N2CC(CO)C(CN3CCC(CO)CC3)C2)n1. The van der Waals surface area contributed by atoms with E-state index in [2.05, 4.69) is 22.8 Å². The number of aromatic nitrogens is 2. The number of aliphatic hydroxyl groups is 2. The zero-order valence-corrected chi connectivity index (χ0v) is 16.6. The summed E-state index contributed by atoms with van der Waals surface area (Å²) in [7, 11) is 0. The van der Waals surface area contributed by atoms with Gasteiger partial charge in [-0.15, -0.1) is 0 Å². The van der Waals surface area contributed by atoms with E-state index in [4.69, 9.17) is 9.97 Å². The zero-order valence-electron chi connectivity index (χ0n) is 16.6. The molecule has 1 aliphatic carbocycles. The van der Waals surface area contributed by atoms with Crippen LogP contribution in [-0.4, -0.2) is 71.0 Å². The highest BCUT2D eigenvalue weighted by Gasteiger charge is 2.36. The van der Waals surface area contributed by atoms with Crippen molar-refractivity contribution in [1.29, 1.82) is 0 Å². The Bertz CT molecular complexity index is 629. The van der Waals surface area contributed by atoms with E-state index >= 15 is 0 Å². The molecule has 2 aliphatic heterocycles. The number of hydrogen-bond donors (Lipinski definition) is 2. The van der Waals surface area contributed by atoms with Crippen LogP contribution >= 0.6 is 0 Å². The van der Waals surface area contributed by atoms with Gasteiger partial charge in [0.15, 0.2) is 0 Å². The molecule has 1 saturated carbocycles. The fourth-order valence-electron chi connectivity index (χ4n) is 4.83. The molecule has 0 aromatic carbocycles. The van der Waals surface area contributed by atoms with E-state index in [-0.39, 0.29) is 12.5 Å². The minimum atomic E-state index is 0.232. The molecule has 2 N–H and O–H groups in total. The van der Waals surface area contributed by atoms with Gasteiger partial charge in [-0.25, -0.2) is 9.97 Å². The summed E-state index contributed by atoms with van der Waals surface area (Å²) in [5.41, 5.74) is 2.26. The van der Waals surface area contributed by atoms with E-state index in [9.17, 15) is 10.2 Å². The molecule has 2 unspecified atom stereocenters. The number of anilines is 1. The summed E-state index contributed by atoms with van der Waals surface area (Å²) in [6, 6.07) is 2.15. The summed E-state index contributed by atoms with van der Waals surface area (Å²) < 4.78 is 0. The van der Waals surface area contributed by atoms with Crippen molar-refractivity contribution in [3.05, 3.63) is 17.5 Å². The Labute approximate surface area is 162 Å². The van der Waals surface area contributed by atoms with Gasteiger partial charge in [-0.2, -0.15) is 0 Å². The number of rotatable bonds is 6. The average Bonchev–Trinajstić information content (AvgIpc) is 3.03. The number of aliphatic hydroxyl groups excluding tert-OH is 2. The van der Waals surface area contributed by atoms with Crippen LogP contribution < -0.4 is 4.90 Å². The number of nitrogens with zero attached hydrogens (tertiary/aromatic N) is 4. The molecular weight excluding hydrogens is 340 g/mol. The Kier molecular flexibility index (Phi) is 5.95. The first-order valence-corrected chi connectivity index (χ1v) is 10.7. The number of piperidine rings is 1. The molecule has 0 spiro atoms. The molecule has 2 saturated heterocycles. The Morgan fingerprint density at radius 3 is 2.37 bits per heavy atom. The Morgan fingerprint density at radius 2 is 1.74 bits per heavy atom. The molecular formula is C21H34N4O2. The molecule has 0 amide bonds. The van der Waals surface area contributed by atoms with Crippen LogP contribution in [0.25, 0.3) is 0 Å². The fourth-order valence-corrected chi connectivity index (χ4v) is 4.83. The van der Waals surface area contributed by atoms with Gasteiger partial charge in [0.1, 0.15) is 0 Å². The second-order valence-corrected chi connectivity index (χ2v) is 8.90. The normalized spacial score (nSPS) is 27.9. The van der Waals surface area contributed by atoms with Crippen LogP contribution in [0.5, 0.6) is 0 Å². The van der Waals surface area contributed by atoms with Gasteiger partial charge in [0.05, 0.1) is 0 Å². The van der Waals surface area contributed by atoms with Gasteiger partial charge in [-0.3, -0.25) is 0 Å². The van der Waals surface area contributed by atoms with Gasteiger partial charge in [0.25, 0.3) is 0 Å². The summed E-state index contributed by atoms with van der Waals surface area (Å²) >= 11 is 0. The number of hydrogen-bond acceptors (Lipinski definition) is 6. The molecule has 0 radical (unpaired) electrons. The van der Waals surface area contributed by atoms with Crippen molar-refractivity contribution in [1.82, 2.24) is 14.9 Å². The highest BCUT2D eigenvalue weighted by Crippen LogP contribution is 2.36.